The lowest BCUT2D eigenvalue weighted by atomic mass is 10.1. The van der Waals surface area contributed by atoms with Gasteiger partial charge in [-0.2, -0.15) is 0 Å². The second-order valence-corrected chi connectivity index (χ2v) is 4.90. The van der Waals surface area contributed by atoms with Crippen molar-refractivity contribution in [1.82, 2.24) is 5.32 Å². The largest absolute Gasteiger partial charge is 0.494 e. The summed E-state index contributed by atoms with van der Waals surface area (Å²) in [5, 5.41) is 2.87. The zero-order chi connectivity index (χ0) is 15.1. The fourth-order valence-corrected chi connectivity index (χ4v) is 2.03. The lowest BCUT2D eigenvalue weighted by Crippen LogP contribution is -2.25. The Balaban J connectivity index is 1.72. The molecule has 4 heteroatoms. The van der Waals surface area contributed by atoms with Crippen LogP contribution >= 0.6 is 0 Å². The van der Waals surface area contributed by atoms with Gasteiger partial charge in [-0.15, -0.1) is 0 Å². The van der Waals surface area contributed by atoms with Crippen LogP contribution in [0.15, 0.2) is 48.5 Å². The van der Waals surface area contributed by atoms with Crippen molar-refractivity contribution in [3.05, 3.63) is 59.7 Å². The smallest absolute Gasteiger partial charge is 0.251 e. The van der Waals surface area contributed by atoms with E-state index in [0.29, 0.717) is 24.4 Å². The number of para-hydroxylation sites is 1. The van der Waals surface area contributed by atoms with Crippen molar-refractivity contribution >= 4 is 11.6 Å². The zero-order valence-electron chi connectivity index (χ0n) is 12.1. The average molecular weight is 284 g/mol. The highest BCUT2D eigenvalue weighted by atomic mass is 16.5. The van der Waals surface area contributed by atoms with E-state index in [1.807, 2.05) is 49.4 Å². The maximum absolute atomic E-state index is 12.0. The summed E-state index contributed by atoms with van der Waals surface area (Å²) in [6, 6.07) is 15.0. The summed E-state index contributed by atoms with van der Waals surface area (Å²) in [5.74, 6) is 0.736. The molecule has 0 aliphatic carbocycles. The molecular formula is C17H20N2O2. The Kier molecular flexibility index (Phi) is 5.21. The number of benzene rings is 2. The van der Waals surface area contributed by atoms with Crippen molar-refractivity contribution in [2.45, 2.75) is 13.3 Å². The highest BCUT2D eigenvalue weighted by molar-refractivity contribution is 5.95. The van der Waals surface area contributed by atoms with E-state index >= 15 is 0 Å². The second-order valence-electron chi connectivity index (χ2n) is 4.90. The first kappa shape index (κ1) is 14.9. The molecule has 3 N–H and O–H groups in total. The van der Waals surface area contributed by atoms with Crippen LogP contribution in [0.5, 0.6) is 5.75 Å². The minimum Gasteiger partial charge on any atom is -0.494 e. The molecule has 110 valence electrons. The van der Waals surface area contributed by atoms with E-state index in [1.54, 1.807) is 6.07 Å². The summed E-state index contributed by atoms with van der Waals surface area (Å²) in [7, 11) is 0. The summed E-state index contributed by atoms with van der Waals surface area (Å²) in [4.78, 5) is 12.0. The summed E-state index contributed by atoms with van der Waals surface area (Å²) in [6.07, 6.45) is 0.752. The van der Waals surface area contributed by atoms with E-state index in [2.05, 4.69) is 5.32 Å². The molecule has 0 bridgehead atoms. The molecule has 0 saturated heterocycles. The first-order valence-corrected chi connectivity index (χ1v) is 6.98. The van der Waals surface area contributed by atoms with Crippen molar-refractivity contribution in [3.8, 4) is 5.75 Å². The molecule has 0 aromatic heterocycles. The summed E-state index contributed by atoms with van der Waals surface area (Å²) < 4.78 is 5.56. The van der Waals surface area contributed by atoms with Crippen LogP contribution in [-0.2, 0) is 0 Å². The lowest BCUT2D eigenvalue weighted by molar-refractivity contribution is 0.0951. The summed E-state index contributed by atoms with van der Waals surface area (Å²) in [6.45, 7) is 3.06. The number of carbonyl (C=O) groups excluding carboxylic acids is 1. The molecule has 2 rings (SSSR count). The Morgan fingerprint density at radius 3 is 2.67 bits per heavy atom. The summed E-state index contributed by atoms with van der Waals surface area (Å²) in [5.41, 5.74) is 7.92. The van der Waals surface area contributed by atoms with Gasteiger partial charge in [0.25, 0.3) is 5.91 Å². The molecule has 0 heterocycles. The number of hydrogen-bond donors (Lipinski definition) is 2. The monoisotopic (exact) mass is 284 g/mol. The van der Waals surface area contributed by atoms with Crippen LogP contribution in [0, 0.1) is 6.92 Å². The van der Waals surface area contributed by atoms with Gasteiger partial charge in [0.1, 0.15) is 5.75 Å². The molecule has 0 fully saturated rings. The van der Waals surface area contributed by atoms with E-state index in [1.165, 1.54) is 0 Å². The Hall–Kier alpha value is -2.49. The van der Waals surface area contributed by atoms with E-state index in [-0.39, 0.29) is 5.91 Å². The fraction of sp³-hybridized carbons (Fsp3) is 0.235. The average Bonchev–Trinajstić information content (AvgIpc) is 2.47. The number of nitrogen functional groups attached to an aromatic ring is 1. The van der Waals surface area contributed by atoms with E-state index in [4.69, 9.17) is 10.5 Å². The Labute approximate surface area is 124 Å². The third kappa shape index (κ3) is 4.84. The highest BCUT2D eigenvalue weighted by Crippen LogP contribution is 2.11. The van der Waals surface area contributed by atoms with Crippen LogP contribution in [0.25, 0.3) is 0 Å². The van der Waals surface area contributed by atoms with E-state index < -0.39 is 0 Å². The topological polar surface area (TPSA) is 64.4 Å². The lowest BCUT2D eigenvalue weighted by Gasteiger charge is -2.08. The highest BCUT2D eigenvalue weighted by Gasteiger charge is 2.06. The number of carbonyl (C=O) groups is 1. The number of ether oxygens (including phenoxy) is 1. The zero-order valence-corrected chi connectivity index (χ0v) is 12.1. The normalized spacial score (nSPS) is 10.1. The molecule has 2 aromatic rings. The number of amides is 1. The van der Waals surface area contributed by atoms with Gasteiger partial charge in [-0.05, 0) is 49.2 Å². The second kappa shape index (κ2) is 7.33. The first-order valence-electron chi connectivity index (χ1n) is 6.98. The first-order chi connectivity index (χ1) is 10.1. The third-order valence-corrected chi connectivity index (χ3v) is 2.98. The number of anilines is 1. The number of nitrogens with one attached hydrogen (secondary N) is 1. The van der Waals surface area contributed by atoms with Gasteiger partial charge in [0.05, 0.1) is 6.61 Å². The molecule has 0 aliphatic heterocycles. The fourth-order valence-electron chi connectivity index (χ4n) is 2.03. The van der Waals surface area contributed by atoms with Crippen molar-refractivity contribution in [2.75, 3.05) is 18.9 Å². The van der Waals surface area contributed by atoms with Gasteiger partial charge in [-0.3, -0.25) is 4.79 Å². The number of hydrogen-bond acceptors (Lipinski definition) is 3. The molecule has 0 radical (unpaired) electrons. The minimum atomic E-state index is -0.106. The van der Waals surface area contributed by atoms with Crippen molar-refractivity contribution in [2.24, 2.45) is 0 Å². The molecular weight excluding hydrogens is 264 g/mol. The predicted molar refractivity (Wildman–Crippen MR) is 84.5 cm³/mol. The van der Waals surface area contributed by atoms with Gasteiger partial charge >= 0.3 is 0 Å². The quantitative estimate of drug-likeness (QED) is 0.633. The van der Waals surface area contributed by atoms with Crippen LogP contribution in [-0.4, -0.2) is 19.1 Å². The molecule has 0 atom stereocenters. The standard InChI is InChI=1S/C17H20N2O2/c1-13-10-14(12-15(18)11-13)17(20)19-8-5-9-21-16-6-3-2-4-7-16/h2-4,6-7,10-12H,5,8-9,18H2,1H3,(H,19,20). The molecule has 2 aromatic carbocycles. The van der Waals surface area contributed by atoms with Crippen molar-refractivity contribution < 1.29 is 9.53 Å². The van der Waals surface area contributed by atoms with Crippen LogP contribution in [0.3, 0.4) is 0 Å². The van der Waals surface area contributed by atoms with Crippen LogP contribution in [0.4, 0.5) is 5.69 Å². The van der Waals surface area contributed by atoms with Gasteiger partial charge in [-0.1, -0.05) is 18.2 Å². The molecule has 0 unspecified atom stereocenters. The third-order valence-electron chi connectivity index (χ3n) is 2.98. The molecule has 1 amide bonds. The van der Waals surface area contributed by atoms with Crippen molar-refractivity contribution in [1.29, 1.82) is 0 Å². The molecule has 0 saturated carbocycles. The molecule has 0 aliphatic rings. The Bertz CT molecular complexity index is 577. The van der Waals surface area contributed by atoms with Gasteiger partial charge in [0, 0.05) is 17.8 Å². The van der Waals surface area contributed by atoms with E-state index in [9.17, 15) is 4.79 Å². The van der Waals surface area contributed by atoms with Gasteiger partial charge < -0.3 is 15.8 Å². The molecule has 4 nitrogen and oxygen atoms in total. The predicted octanol–water partition coefficient (Wildman–Crippen LogP) is 2.78. The van der Waals surface area contributed by atoms with Gasteiger partial charge in [0.15, 0.2) is 0 Å². The Morgan fingerprint density at radius 2 is 1.95 bits per heavy atom. The van der Waals surface area contributed by atoms with Crippen LogP contribution in [0.2, 0.25) is 0 Å². The minimum absolute atomic E-state index is 0.106. The van der Waals surface area contributed by atoms with Crippen molar-refractivity contribution in [3.63, 3.8) is 0 Å². The van der Waals surface area contributed by atoms with Crippen LogP contribution < -0.4 is 15.8 Å². The SMILES string of the molecule is Cc1cc(N)cc(C(=O)NCCCOc2ccccc2)c1. The molecule has 0 spiro atoms. The number of nitrogens with two attached hydrogens (primary N) is 1. The molecule has 21 heavy (non-hydrogen) atoms. The number of aryl methyl sites for hydroxylation is 1. The van der Waals surface area contributed by atoms with Gasteiger partial charge in [0.2, 0.25) is 0 Å². The summed E-state index contributed by atoms with van der Waals surface area (Å²) >= 11 is 0. The number of rotatable bonds is 6. The maximum Gasteiger partial charge on any atom is 0.251 e. The van der Waals surface area contributed by atoms with E-state index in [0.717, 1.165) is 17.7 Å². The van der Waals surface area contributed by atoms with Gasteiger partial charge in [-0.25, -0.2) is 0 Å². The van der Waals surface area contributed by atoms with Crippen LogP contribution in [0.1, 0.15) is 22.3 Å². The Morgan fingerprint density at radius 1 is 1.19 bits per heavy atom. The maximum atomic E-state index is 12.0.